The summed E-state index contributed by atoms with van der Waals surface area (Å²) in [6.45, 7) is 3.64. The van der Waals surface area contributed by atoms with Gasteiger partial charge in [-0.1, -0.05) is 12.7 Å². The molecule has 0 atom stereocenters. The molecule has 10 heavy (non-hydrogen) atoms. The number of aromatic nitrogens is 1. The fourth-order valence-corrected chi connectivity index (χ4v) is 0.843. The summed E-state index contributed by atoms with van der Waals surface area (Å²) in [7, 11) is 0. The molecule has 1 aromatic rings. The SMILES string of the molecule is C=Cc1ccnc(CCl)c1. The number of halogens is 1. The zero-order valence-corrected chi connectivity index (χ0v) is 6.30. The summed E-state index contributed by atoms with van der Waals surface area (Å²) in [6.07, 6.45) is 3.51. The van der Waals surface area contributed by atoms with E-state index >= 15 is 0 Å². The van der Waals surface area contributed by atoms with Gasteiger partial charge in [0.1, 0.15) is 0 Å². The van der Waals surface area contributed by atoms with Crippen LogP contribution in [0, 0.1) is 0 Å². The quantitative estimate of drug-likeness (QED) is 0.595. The molecule has 52 valence electrons. The fraction of sp³-hybridized carbons (Fsp3) is 0.125. The second kappa shape index (κ2) is 3.37. The van der Waals surface area contributed by atoms with E-state index in [1.54, 1.807) is 12.3 Å². The Balaban J connectivity index is 2.98. The number of nitrogens with zero attached hydrogens (tertiary/aromatic N) is 1. The van der Waals surface area contributed by atoms with Crippen molar-refractivity contribution in [2.45, 2.75) is 5.88 Å². The van der Waals surface area contributed by atoms with Crippen molar-refractivity contribution < 1.29 is 0 Å². The number of rotatable bonds is 2. The van der Waals surface area contributed by atoms with Crippen LogP contribution >= 0.6 is 11.6 Å². The van der Waals surface area contributed by atoms with E-state index in [2.05, 4.69) is 11.6 Å². The van der Waals surface area contributed by atoms with Crippen LogP contribution in [0.25, 0.3) is 6.08 Å². The minimum absolute atomic E-state index is 0.460. The third kappa shape index (κ3) is 1.58. The van der Waals surface area contributed by atoms with E-state index in [1.807, 2.05) is 12.1 Å². The molecule has 0 aromatic carbocycles. The average Bonchev–Trinajstić information content (AvgIpc) is 2.05. The van der Waals surface area contributed by atoms with Gasteiger partial charge in [-0.15, -0.1) is 11.6 Å². The van der Waals surface area contributed by atoms with Crippen LogP contribution < -0.4 is 0 Å². The Morgan fingerprint density at radius 1 is 1.70 bits per heavy atom. The predicted molar refractivity (Wildman–Crippen MR) is 43.9 cm³/mol. The van der Waals surface area contributed by atoms with Gasteiger partial charge in [0, 0.05) is 6.20 Å². The van der Waals surface area contributed by atoms with Gasteiger partial charge < -0.3 is 0 Å². The summed E-state index contributed by atoms with van der Waals surface area (Å²) in [5.41, 5.74) is 1.95. The number of pyridine rings is 1. The Labute approximate surface area is 65.4 Å². The monoisotopic (exact) mass is 153 g/mol. The van der Waals surface area contributed by atoms with Gasteiger partial charge in [-0.3, -0.25) is 4.98 Å². The molecule has 0 aliphatic heterocycles. The highest BCUT2D eigenvalue weighted by Crippen LogP contribution is 2.04. The lowest BCUT2D eigenvalue weighted by atomic mass is 10.2. The Hall–Kier alpha value is -0.820. The summed E-state index contributed by atoms with van der Waals surface area (Å²) in [5.74, 6) is 0.460. The highest BCUT2D eigenvalue weighted by molar-refractivity contribution is 6.16. The third-order valence-electron chi connectivity index (χ3n) is 1.21. The van der Waals surface area contributed by atoms with E-state index < -0.39 is 0 Å². The van der Waals surface area contributed by atoms with Crippen LogP contribution in [-0.4, -0.2) is 4.98 Å². The van der Waals surface area contributed by atoms with E-state index in [0.717, 1.165) is 11.3 Å². The predicted octanol–water partition coefficient (Wildman–Crippen LogP) is 2.46. The first-order valence-electron chi connectivity index (χ1n) is 3.00. The molecule has 0 aliphatic carbocycles. The largest absolute Gasteiger partial charge is 0.260 e. The standard InChI is InChI=1S/C8H8ClN/c1-2-7-3-4-10-8(5-7)6-9/h2-5H,1,6H2. The van der Waals surface area contributed by atoms with Crippen molar-refractivity contribution in [2.75, 3.05) is 0 Å². The minimum atomic E-state index is 0.460. The fourth-order valence-electron chi connectivity index (χ4n) is 0.697. The van der Waals surface area contributed by atoms with Crippen LogP contribution in [0.5, 0.6) is 0 Å². The Kier molecular flexibility index (Phi) is 2.46. The van der Waals surface area contributed by atoms with E-state index in [-0.39, 0.29) is 0 Å². The van der Waals surface area contributed by atoms with Crippen molar-refractivity contribution in [3.8, 4) is 0 Å². The van der Waals surface area contributed by atoms with Gasteiger partial charge in [-0.05, 0) is 17.7 Å². The summed E-state index contributed by atoms with van der Waals surface area (Å²) < 4.78 is 0. The smallest absolute Gasteiger partial charge is 0.0647 e. The van der Waals surface area contributed by atoms with E-state index in [1.165, 1.54) is 0 Å². The van der Waals surface area contributed by atoms with Crippen molar-refractivity contribution in [2.24, 2.45) is 0 Å². The lowest BCUT2D eigenvalue weighted by molar-refractivity contribution is 1.17. The number of hydrogen-bond donors (Lipinski definition) is 0. The van der Waals surface area contributed by atoms with E-state index in [9.17, 15) is 0 Å². The molecule has 0 fully saturated rings. The maximum Gasteiger partial charge on any atom is 0.0647 e. The molecular formula is C8H8ClN. The second-order valence-corrected chi connectivity index (χ2v) is 2.19. The molecule has 1 aromatic heterocycles. The molecule has 1 heterocycles. The van der Waals surface area contributed by atoms with Crippen LogP contribution in [0.4, 0.5) is 0 Å². The molecule has 1 nitrogen and oxygen atoms in total. The topological polar surface area (TPSA) is 12.9 Å². The second-order valence-electron chi connectivity index (χ2n) is 1.92. The first-order valence-corrected chi connectivity index (χ1v) is 3.53. The van der Waals surface area contributed by atoms with Crippen LogP contribution in [0.15, 0.2) is 24.9 Å². The Bertz CT molecular complexity index is 232. The highest BCUT2D eigenvalue weighted by Gasteiger charge is 1.90. The normalized spacial score (nSPS) is 9.30. The van der Waals surface area contributed by atoms with Gasteiger partial charge in [0.2, 0.25) is 0 Å². The zero-order chi connectivity index (χ0) is 7.40. The van der Waals surface area contributed by atoms with Crippen molar-refractivity contribution in [1.29, 1.82) is 0 Å². The number of hydrogen-bond acceptors (Lipinski definition) is 1. The van der Waals surface area contributed by atoms with Gasteiger partial charge in [-0.25, -0.2) is 0 Å². The van der Waals surface area contributed by atoms with Gasteiger partial charge >= 0.3 is 0 Å². The Morgan fingerprint density at radius 2 is 2.50 bits per heavy atom. The maximum absolute atomic E-state index is 5.56. The lowest BCUT2D eigenvalue weighted by Crippen LogP contribution is -1.83. The van der Waals surface area contributed by atoms with Gasteiger partial charge in [0.15, 0.2) is 0 Å². The van der Waals surface area contributed by atoms with Gasteiger partial charge in [0.05, 0.1) is 11.6 Å². The molecule has 0 spiro atoms. The van der Waals surface area contributed by atoms with E-state index in [0.29, 0.717) is 5.88 Å². The minimum Gasteiger partial charge on any atom is -0.260 e. The average molecular weight is 154 g/mol. The Morgan fingerprint density at radius 3 is 3.10 bits per heavy atom. The van der Waals surface area contributed by atoms with Crippen molar-refractivity contribution in [1.82, 2.24) is 4.98 Å². The van der Waals surface area contributed by atoms with Gasteiger partial charge in [0.25, 0.3) is 0 Å². The summed E-state index contributed by atoms with van der Waals surface area (Å²) in [4.78, 5) is 4.03. The lowest BCUT2D eigenvalue weighted by Gasteiger charge is -1.94. The molecule has 0 N–H and O–H groups in total. The van der Waals surface area contributed by atoms with Crippen LogP contribution in [0.2, 0.25) is 0 Å². The molecule has 0 aliphatic rings. The molecule has 0 saturated carbocycles. The van der Waals surface area contributed by atoms with Crippen molar-refractivity contribution in [3.63, 3.8) is 0 Å². The van der Waals surface area contributed by atoms with E-state index in [4.69, 9.17) is 11.6 Å². The number of alkyl halides is 1. The van der Waals surface area contributed by atoms with Gasteiger partial charge in [-0.2, -0.15) is 0 Å². The summed E-state index contributed by atoms with van der Waals surface area (Å²) in [5, 5.41) is 0. The molecule has 2 heteroatoms. The van der Waals surface area contributed by atoms with Crippen LogP contribution in [-0.2, 0) is 5.88 Å². The molecule has 0 amide bonds. The highest BCUT2D eigenvalue weighted by atomic mass is 35.5. The molecule has 1 rings (SSSR count). The molecule has 0 bridgehead atoms. The molecular weight excluding hydrogens is 146 g/mol. The van der Waals surface area contributed by atoms with Crippen molar-refractivity contribution >= 4 is 17.7 Å². The summed E-state index contributed by atoms with van der Waals surface area (Å²) >= 11 is 5.56. The maximum atomic E-state index is 5.56. The van der Waals surface area contributed by atoms with Crippen LogP contribution in [0.3, 0.4) is 0 Å². The first-order chi connectivity index (χ1) is 4.86. The first kappa shape index (κ1) is 7.29. The van der Waals surface area contributed by atoms with Crippen molar-refractivity contribution in [3.05, 3.63) is 36.2 Å². The third-order valence-corrected chi connectivity index (χ3v) is 1.49. The zero-order valence-electron chi connectivity index (χ0n) is 5.55. The molecule has 0 unspecified atom stereocenters. The molecule has 0 saturated heterocycles. The van der Waals surface area contributed by atoms with Crippen LogP contribution in [0.1, 0.15) is 11.3 Å². The molecule has 0 radical (unpaired) electrons. The summed E-state index contributed by atoms with van der Waals surface area (Å²) in [6, 6.07) is 3.81.